The maximum Gasteiger partial charge on any atom is 0.325 e. The third-order valence-corrected chi connectivity index (χ3v) is 2.66. The van der Waals surface area contributed by atoms with Crippen LogP contribution in [0.4, 0.5) is 0 Å². The largest absolute Gasteiger partial charge is 0.480 e. The number of hydrogen-bond acceptors (Lipinski definition) is 2. The quantitative estimate of drug-likeness (QED) is 0.766. The molecule has 1 heterocycles. The molecule has 1 atom stereocenters. The predicted octanol–water partition coefficient (Wildman–Crippen LogP) is 1.09. The van der Waals surface area contributed by atoms with Gasteiger partial charge in [0.25, 0.3) is 0 Å². The molecule has 0 bridgehead atoms. The predicted molar refractivity (Wildman–Crippen MR) is 51.1 cm³/mol. The smallest absolute Gasteiger partial charge is 0.325 e. The van der Waals surface area contributed by atoms with E-state index < -0.39 is 5.97 Å². The van der Waals surface area contributed by atoms with Crippen LogP contribution in [0.3, 0.4) is 0 Å². The summed E-state index contributed by atoms with van der Waals surface area (Å²) < 4.78 is 1.53. The Morgan fingerprint density at radius 2 is 2.57 bits per heavy atom. The zero-order chi connectivity index (χ0) is 10.1. The molecule has 76 valence electrons. The van der Waals surface area contributed by atoms with Crippen molar-refractivity contribution in [2.45, 2.75) is 32.7 Å². The van der Waals surface area contributed by atoms with E-state index in [4.69, 9.17) is 5.11 Å². The SMILES string of the molecule is C[C@@H]1CCc2nn(CC(=O)O)cc2C1. The molecule has 1 aliphatic rings. The van der Waals surface area contributed by atoms with Crippen LogP contribution in [0, 0.1) is 5.92 Å². The Labute approximate surface area is 82.5 Å². The van der Waals surface area contributed by atoms with Crippen molar-refractivity contribution < 1.29 is 9.90 Å². The van der Waals surface area contributed by atoms with Crippen molar-refractivity contribution in [1.29, 1.82) is 0 Å². The number of aryl methyl sites for hydroxylation is 1. The highest BCUT2D eigenvalue weighted by atomic mass is 16.4. The molecule has 2 rings (SSSR count). The van der Waals surface area contributed by atoms with Crippen LogP contribution >= 0.6 is 0 Å². The molecule has 0 aromatic carbocycles. The first kappa shape index (κ1) is 9.24. The maximum atomic E-state index is 10.5. The molecule has 1 aliphatic carbocycles. The number of hydrogen-bond donors (Lipinski definition) is 1. The maximum absolute atomic E-state index is 10.5. The monoisotopic (exact) mass is 194 g/mol. The molecule has 4 heteroatoms. The summed E-state index contributed by atoms with van der Waals surface area (Å²) in [5.41, 5.74) is 2.31. The van der Waals surface area contributed by atoms with E-state index in [1.165, 1.54) is 10.2 Å². The molecule has 1 N–H and O–H groups in total. The van der Waals surface area contributed by atoms with Gasteiger partial charge in [0.1, 0.15) is 6.54 Å². The summed E-state index contributed by atoms with van der Waals surface area (Å²) in [4.78, 5) is 10.5. The molecule has 0 spiro atoms. The topological polar surface area (TPSA) is 55.1 Å². The number of nitrogens with zero attached hydrogens (tertiary/aromatic N) is 2. The summed E-state index contributed by atoms with van der Waals surface area (Å²) >= 11 is 0. The van der Waals surface area contributed by atoms with Gasteiger partial charge in [-0.05, 0) is 30.7 Å². The summed E-state index contributed by atoms with van der Waals surface area (Å²) in [6.45, 7) is 2.19. The molecule has 0 saturated heterocycles. The van der Waals surface area contributed by atoms with Crippen molar-refractivity contribution >= 4 is 5.97 Å². The van der Waals surface area contributed by atoms with E-state index in [2.05, 4.69) is 12.0 Å². The average molecular weight is 194 g/mol. The molecule has 0 fully saturated rings. The lowest BCUT2D eigenvalue weighted by molar-refractivity contribution is -0.137. The molecule has 0 amide bonds. The van der Waals surface area contributed by atoms with E-state index in [0.717, 1.165) is 25.0 Å². The van der Waals surface area contributed by atoms with Gasteiger partial charge in [0, 0.05) is 6.20 Å². The van der Waals surface area contributed by atoms with Crippen LogP contribution in [0.2, 0.25) is 0 Å². The Morgan fingerprint density at radius 1 is 1.79 bits per heavy atom. The van der Waals surface area contributed by atoms with Crippen molar-refractivity contribution in [3.63, 3.8) is 0 Å². The van der Waals surface area contributed by atoms with Crippen LogP contribution < -0.4 is 0 Å². The molecule has 0 saturated carbocycles. The lowest BCUT2D eigenvalue weighted by Crippen LogP contribution is -2.10. The summed E-state index contributed by atoms with van der Waals surface area (Å²) in [6, 6.07) is 0. The van der Waals surface area contributed by atoms with Gasteiger partial charge in [0.05, 0.1) is 5.69 Å². The van der Waals surface area contributed by atoms with Gasteiger partial charge < -0.3 is 5.11 Å². The normalized spacial score (nSPS) is 20.5. The number of carboxylic acids is 1. The van der Waals surface area contributed by atoms with Crippen LogP contribution in [0.25, 0.3) is 0 Å². The fourth-order valence-electron chi connectivity index (χ4n) is 1.96. The van der Waals surface area contributed by atoms with Crippen LogP contribution in [0.5, 0.6) is 0 Å². The number of aromatic nitrogens is 2. The molecular weight excluding hydrogens is 180 g/mol. The standard InChI is InChI=1S/C10H14N2O2/c1-7-2-3-9-8(4-7)5-12(11-9)6-10(13)14/h5,7H,2-4,6H2,1H3,(H,13,14)/t7-/m1/s1. The first-order valence-corrected chi connectivity index (χ1v) is 4.92. The second kappa shape index (κ2) is 3.44. The second-order valence-electron chi connectivity index (χ2n) is 4.04. The molecule has 1 aromatic rings. The minimum Gasteiger partial charge on any atom is -0.480 e. The van der Waals surface area contributed by atoms with E-state index in [0.29, 0.717) is 5.92 Å². The Bertz CT molecular complexity index is 357. The second-order valence-corrected chi connectivity index (χ2v) is 4.04. The highest BCUT2D eigenvalue weighted by Gasteiger charge is 2.18. The van der Waals surface area contributed by atoms with Crippen molar-refractivity contribution in [3.05, 3.63) is 17.5 Å². The zero-order valence-electron chi connectivity index (χ0n) is 8.23. The van der Waals surface area contributed by atoms with Crippen LogP contribution in [-0.4, -0.2) is 20.9 Å². The van der Waals surface area contributed by atoms with Gasteiger partial charge in [-0.2, -0.15) is 5.10 Å². The fourth-order valence-corrected chi connectivity index (χ4v) is 1.96. The number of fused-ring (bicyclic) bond motifs is 1. The minimum atomic E-state index is -0.835. The number of aliphatic carboxylic acids is 1. The third-order valence-electron chi connectivity index (χ3n) is 2.66. The summed E-state index contributed by atoms with van der Waals surface area (Å²) in [5, 5.41) is 12.9. The van der Waals surface area contributed by atoms with Crippen LogP contribution in [0.15, 0.2) is 6.20 Å². The first-order chi connectivity index (χ1) is 6.65. The molecule has 0 unspecified atom stereocenters. The highest BCUT2D eigenvalue weighted by molar-refractivity contribution is 5.66. The molecule has 0 aliphatic heterocycles. The van der Waals surface area contributed by atoms with E-state index in [1.807, 2.05) is 6.20 Å². The van der Waals surface area contributed by atoms with Crippen LogP contribution in [-0.2, 0) is 24.2 Å². The summed E-state index contributed by atoms with van der Waals surface area (Å²) in [6.07, 6.45) is 5.06. The Kier molecular flexibility index (Phi) is 2.27. The van der Waals surface area contributed by atoms with Gasteiger partial charge >= 0.3 is 5.97 Å². The molecule has 0 radical (unpaired) electrons. The van der Waals surface area contributed by atoms with Gasteiger partial charge in [-0.15, -0.1) is 0 Å². The van der Waals surface area contributed by atoms with E-state index in [9.17, 15) is 4.79 Å². The van der Waals surface area contributed by atoms with Gasteiger partial charge in [-0.1, -0.05) is 6.92 Å². The molecule has 4 nitrogen and oxygen atoms in total. The zero-order valence-corrected chi connectivity index (χ0v) is 8.23. The van der Waals surface area contributed by atoms with Gasteiger partial charge in [-0.3, -0.25) is 9.48 Å². The number of carboxylic acid groups (broad SMARTS) is 1. The van der Waals surface area contributed by atoms with Gasteiger partial charge in [-0.25, -0.2) is 0 Å². The minimum absolute atomic E-state index is 0.0264. The Balaban J connectivity index is 2.19. The molecule has 1 aromatic heterocycles. The first-order valence-electron chi connectivity index (χ1n) is 4.92. The lowest BCUT2D eigenvalue weighted by Gasteiger charge is -2.15. The number of rotatable bonds is 2. The third kappa shape index (κ3) is 1.78. The van der Waals surface area contributed by atoms with E-state index in [-0.39, 0.29) is 6.54 Å². The fraction of sp³-hybridized carbons (Fsp3) is 0.600. The van der Waals surface area contributed by atoms with Gasteiger partial charge in [0.15, 0.2) is 0 Å². The van der Waals surface area contributed by atoms with Gasteiger partial charge in [0.2, 0.25) is 0 Å². The van der Waals surface area contributed by atoms with Crippen LogP contribution in [0.1, 0.15) is 24.6 Å². The highest BCUT2D eigenvalue weighted by Crippen LogP contribution is 2.23. The Hall–Kier alpha value is -1.32. The average Bonchev–Trinajstić information content (AvgIpc) is 2.44. The number of carbonyl (C=O) groups is 1. The van der Waals surface area contributed by atoms with Crippen molar-refractivity contribution in [2.75, 3.05) is 0 Å². The summed E-state index contributed by atoms with van der Waals surface area (Å²) in [7, 11) is 0. The van der Waals surface area contributed by atoms with Crippen molar-refractivity contribution in [3.8, 4) is 0 Å². The lowest BCUT2D eigenvalue weighted by atomic mass is 9.89. The Morgan fingerprint density at radius 3 is 3.29 bits per heavy atom. The van der Waals surface area contributed by atoms with E-state index >= 15 is 0 Å². The molecular formula is C10H14N2O2. The van der Waals surface area contributed by atoms with Crippen molar-refractivity contribution in [2.24, 2.45) is 5.92 Å². The molecule has 14 heavy (non-hydrogen) atoms. The van der Waals surface area contributed by atoms with Crippen molar-refractivity contribution in [1.82, 2.24) is 9.78 Å². The summed E-state index contributed by atoms with van der Waals surface area (Å²) in [5.74, 6) is -0.136. The van der Waals surface area contributed by atoms with E-state index in [1.54, 1.807) is 0 Å².